The van der Waals surface area contributed by atoms with Gasteiger partial charge in [-0.3, -0.25) is 4.79 Å². The molecule has 0 aromatic heterocycles. The highest BCUT2D eigenvalue weighted by Gasteiger charge is 2.40. The Morgan fingerprint density at radius 2 is 1.79 bits per heavy atom. The van der Waals surface area contributed by atoms with Crippen molar-refractivity contribution < 1.29 is 19.1 Å². The van der Waals surface area contributed by atoms with Gasteiger partial charge in [-0.25, -0.2) is 4.79 Å². The molecule has 5 nitrogen and oxygen atoms in total. The first-order valence-electron chi connectivity index (χ1n) is 6.63. The van der Waals surface area contributed by atoms with Gasteiger partial charge in [0.25, 0.3) is 0 Å². The minimum atomic E-state index is -0.583. The molecular formula is C14H23NO4. The number of likely N-dealkylation sites (tertiary alicyclic amines) is 1. The number of amides is 1. The molecule has 1 aliphatic heterocycles. The molecule has 1 heterocycles. The lowest BCUT2D eigenvalue weighted by molar-refractivity contribution is -0.132. The molecule has 0 aromatic carbocycles. The Labute approximate surface area is 114 Å². The van der Waals surface area contributed by atoms with Crippen LogP contribution in [-0.4, -0.2) is 41.8 Å². The average molecular weight is 269 g/mol. The third-order valence-electron chi connectivity index (χ3n) is 3.59. The lowest BCUT2D eigenvalue weighted by Gasteiger charge is -2.39. The fourth-order valence-corrected chi connectivity index (χ4v) is 2.30. The number of hydrogen-bond acceptors (Lipinski definition) is 4. The highest BCUT2D eigenvalue weighted by molar-refractivity contribution is 5.85. The molecule has 1 amide bonds. The monoisotopic (exact) mass is 269 g/mol. The van der Waals surface area contributed by atoms with E-state index < -0.39 is 11.0 Å². The lowest BCUT2D eigenvalue weighted by atomic mass is 9.73. The molecule has 108 valence electrons. The van der Waals surface area contributed by atoms with Crippen LogP contribution in [0.2, 0.25) is 0 Å². The van der Waals surface area contributed by atoms with E-state index in [1.165, 1.54) is 6.92 Å². The molecule has 1 rings (SSSR count). The van der Waals surface area contributed by atoms with Crippen LogP contribution in [0.1, 0.15) is 47.0 Å². The van der Waals surface area contributed by atoms with E-state index in [1.54, 1.807) is 4.90 Å². The zero-order chi connectivity index (χ0) is 14.7. The molecule has 0 unspecified atom stereocenters. The molecule has 5 heteroatoms. The van der Waals surface area contributed by atoms with E-state index in [-0.39, 0.29) is 18.3 Å². The molecule has 1 aliphatic rings. The number of rotatable bonds is 3. The maximum atomic E-state index is 11.9. The fourth-order valence-electron chi connectivity index (χ4n) is 2.30. The lowest BCUT2D eigenvalue weighted by Crippen LogP contribution is -2.47. The molecule has 1 fully saturated rings. The standard InChI is InChI=1S/C14H23NO4/c1-11(17)14(7-10-16)5-8-15(9-6-14)12(18)19-13(2,3)4/h10H,5-9H2,1-4H3. The van der Waals surface area contributed by atoms with Gasteiger partial charge in [-0.2, -0.15) is 0 Å². The number of nitrogens with zero attached hydrogens (tertiary/aromatic N) is 1. The highest BCUT2D eigenvalue weighted by Crippen LogP contribution is 2.35. The molecule has 0 saturated carbocycles. The van der Waals surface area contributed by atoms with Crippen molar-refractivity contribution in [3.8, 4) is 0 Å². The van der Waals surface area contributed by atoms with E-state index in [0.29, 0.717) is 25.9 Å². The van der Waals surface area contributed by atoms with Gasteiger partial charge in [-0.1, -0.05) is 0 Å². The first-order valence-corrected chi connectivity index (χ1v) is 6.63. The zero-order valence-corrected chi connectivity index (χ0v) is 12.2. The number of ether oxygens (including phenoxy) is 1. The van der Waals surface area contributed by atoms with Crippen LogP contribution < -0.4 is 0 Å². The number of piperidine rings is 1. The Balaban J connectivity index is 2.63. The van der Waals surface area contributed by atoms with Crippen LogP contribution in [0.15, 0.2) is 0 Å². The molecule has 0 aliphatic carbocycles. The highest BCUT2D eigenvalue weighted by atomic mass is 16.6. The quantitative estimate of drug-likeness (QED) is 0.737. The summed E-state index contributed by atoms with van der Waals surface area (Å²) in [5, 5.41) is 0. The smallest absolute Gasteiger partial charge is 0.410 e. The second-order valence-corrected chi connectivity index (χ2v) is 6.17. The van der Waals surface area contributed by atoms with Crippen molar-refractivity contribution in [3.05, 3.63) is 0 Å². The van der Waals surface area contributed by atoms with E-state index in [0.717, 1.165) is 6.29 Å². The minimum Gasteiger partial charge on any atom is -0.444 e. The second kappa shape index (κ2) is 5.72. The van der Waals surface area contributed by atoms with Gasteiger partial charge in [0.05, 0.1) is 0 Å². The van der Waals surface area contributed by atoms with Crippen molar-refractivity contribution in [2.45, 2.75) is 52.6 Å². The number of Topliss-reactive ketones (excluding diaryl/α,β-unsaturated/α-hetero) is 1. The number of carbonyl (C=O) groups is 3. The first kappa shape index (κ1) is 15.7. The van der Waals surface area contributed by atoms with Crippen molar-refractivity contribution in [2.24, 2.45) is 5.41 Å². The summed E-state index contributed by atoms with van der Waals surface area (Å²) in [6, 6.07) is 0. The van der Waals surface area contributed by atoms with Gasteiger partial charge < -0.3 is 14.4 Å². The number of ketones is 1. The number of hydrogen-bond donors (Lipinski definition) is 0. The Hall–Kier alpha value is -1.39. The van der Waals surface area contributed by atoms with E-state index in [4.69, 9.17) is 4.74 Å². The number of carbonyl (C=O) groups excluding carboxylic acids is 3. The van der Waals surface area contributed by atoms with Crippen LogP contribution in [0.5, 0.6) is 0 Å². The van der Waals surface area contributed by atoms with Crippen molar-refractivity contribution in [1.29, 1.82) is 0 Å². The van der Waals surface area contributed by atoms with Crippen LogP contribution in [-0.2, 0) is 14.3 Å². The van der Waals surface area contributed by atoms with Gasteiger partial charge in [0.2, 0.25) is 0 Å². The third kappa shape index (κ3) is 4.04. The summed E-state index contributed by atoms with van der Waals surface area (Å²) in [5.41, 5.74) is -1.10. The molecule has 0 atom stereocenters. The summed E-state index contributed by atoms with van der Waals surface area (Å²) in [6.45, 7) is 7.90. The van der Waals surface area contributed by atoms with Crippen molar-refractivity contribution in [2.75, 3.05) is 13.1 Å². The average Bonchev–Trinajstić information content (AvgIpc) is 2.27. The fraction of sp³-hybridized carbons (Fsp3) is 0.786. The molecule has 0 aromatic rings. The Bertz CT molecular complexity index is 362. The van der Waals surface area contributed by atoms with Crippen LogP contribution in [0, 0.1) is 5.41 Å². The summed E-state index contributed by atoms with van der Waals surface area (Å²) < 4.78 is 5.30. The summed E-state index contributed by atoms with van der Waals surface area (Å²) >= 11 is 0. The van der Waals surface area contributed by atoms with Gasteiger partial charge >= 0.3 is 6.09 Å². The predicted molar refractivity (Wildman–Crippen MR) is 70.8 cm³/mol. The molecule has 19 heavy (non-hydrogen) atoms. The van der Waals surface area contributed by atoms with Crippen molar-refractivity contribution in [1.82, 2.24) is 4.90 Å². The summed E-state index contributed by atoms with van der Waals surface area (Å²) in [5.74, 6) is 0.0310. The van der Waals surface area contributed by atoms with Crippen LogP contribution >= 0.6 is 0 Å². The minimum absolute atomic E-state index is 0.0310. The normalized spacial score (nSPS) is 18.8. The van der Waals surface area contributed by atoms with Crippen molar-refractivity contribution in [3.63, 3.8) is 0 Å². The van der Waals surface area contributed by atoms with Crippen LogP contribution in [0.25, 0.3) is 0 Å². The van der Waals surface area contributed by atoms with E-state index in [2.05, 4.69) is 0 Å². The summed E-state index contributed by atoms with van der Waals surface area (Å²) in [4.78, 5) is 36.0. The predicted octanol–water partition coefficient (Wildman–Crippen LogP) is 2.18. The van der Waals surface area contributed by atoms with Gasteiger partial charge in [0, 0.05) is 24.9 Å². The Morgan fingerprint density at radius 1 is 1.26 bits per heavy atom. The molecule has 1 saturated heterocycles. The molecule has 0 radical (unpaired) electrons. The van der Waals surface area contributed by atoms with Crippen LogP contribution in [0.4, 0.5) is 4.79 Å². The number of aldehydes is 1. The van der Waals surface area contributed by atoms with E-state index >= 15 is 0 Å². The molecular weight excluding hydrogens is 246 g/mol. The summed E-state index contributed by atoms with van der Waals surface area (Å²) in [6.07, 6.45) is 1.74. The maximum absolute atomic E-state index is 11.9. The van der Waals surface area contributed by atoms with Crippen LogP contribution in [0.3, 0.4) is 0 Å². The molecule has 0 spiro atoms. The largest absolute Gasteiger partial charge is 0.444 e. The Morgan fingerprint density at radius 3 is 2.16 bits per heavy atom. The van der Waals surface area contributed by atoms with Gasteiger partial charge in [0.1, 0.15) is 17.7 Å². The molecule has 0 bridgehead atoms. The zero-order valence-electron chi connectivity index (χ0n) is 12.2. The SMILES string of the molecule is CC(=O)C1(CC=O)CCN(C(=O)OC(C)(C)C)CC1. The third-order valence-corrected chi connectivity index (χ3v) is 3.59. The first-order chi connectivity index (χ1) is 8.70. The van der Waals surface area contributed by atoms with Crippen molar-refractivity contribution >= 4 is 18.2 Å². The summed E-state index contributed by atoms with van der Waals surface area (Å²) in [7, 11) is 0. The van der Waals surface area contributed by atoms with E-state index in [9.17, 15) is 14.4 Å². The maximum Gasteiger partial charge on any atom is 0.410 e. The molecule has 0 N–H and O–H groups in total. The Kier molecular flexibility index (Phi) is 4.71. The topological polar surface area (TPSA) is 63.7 Å². The van der Waals surface area contributed by atoms with Gasteiger partial charge in [-0.05, 0) is 40.5 Å². The van der Waals surface area contributed by atoms with Gasteiger partial charge in [0.15, 0.2) is 0 Å². The second-order valence-electron chi connectivity index (χ2n) is 6.17. The van der Waals surface area contributed by atoms with E-state index in [1.807, 2.05) is 20.8 Å². The van der Waals surface area contributed by atoms with Gasteiger partial charge in [-0.15, -0.1) is 0 Å².